The Kier molecular flexibility index (Phi) is 7.14. The van der Waals surface area contributed by atoms with Crippen molar-refractivity contribution >= 4 is 46.1 Å². The number of hydrogen-bond acceptors (Lipinski definition) is 7. The molecule has 0 bridgehead atoms. The number of nitrogens with zero attached hydrogens (tertiary/aromatic N) is 6. The van der Waals surface area contributed by atoms with Gasteiger partial charge in [-0.1, -0.05) is 32.0 Å². The molecule has 4 heterocycles. The zero-order chi connectivity index (χ0) is 25.4. The maximum absolute atomic E-state index is 14.7. The second-order valence-corrected chi connectivity index (χ2v) is 9.82. The lowest BCUT2D eigenvalue weighted by Crippen LogP contribution is -2.54. The van der Waals surface area contributed by atoms with Crippen molar-refractivity contribution in [2.45, 2.75) is 37.6 Å². The molecule has 1 saturated heterocycles. The maximum atomic E-state index is 14.7. The van der Waals surface area contributed by atoms with Gasteiger partial charge in [0.05, 0.1) is 16.8 Å². The largest absolute Gasteiger partial charge is 0.355 e. The van der Waals surface area contributed by atoms with Gasteiger partial charge in [0.25, 0.3) is 0 Å². The van der Waals surface area contributed by atoms with Crippen molar-refractivity contribution in [1.29, 1.82) is 0 Å². The first-order valence-corrected chi connectivity index (χ1v) is 12.8. The predicted octanol–water partition coefficient (Wildman–Crippen LogP) is 4.04. The molecule has 11 heteroatoms. The Morgan fingerprint density at radius 1 is 1.34 bits per heavy atom. The van der Waals surface area contributed by atoms with E-state index in [4.69, 9.17) is 11.6 Å². The number of hydrogen-bond donors (Lipinski definition) is 0. The van der Waals surface area contributed by atoms with E-state index in [0.717, 1.165) is 4.90 Å². The maximum Gasteiger partial charge on any atom is 0.355 e. The minimum Gasteiger partial charge on any atom is -0.350 e. The molecule has 0 radical (unpaired) electrons. The summed E-state index contributed by atoms with van der Waals surface area (Å²) in [5.74, 6) is -0.555. The molecule has 1 amide bonds. The summed E-state index contributed by atoms with van der Waals surface area (Å²) in [5.41, 5.74) is 0.897. The minimum absolute atomic E-state index is 0.00476. The Morgan fingerprint density at radius 2 is 2.09 bits per heavy atom. The molecule has 184 valence electrons. The fourth-order valence-electron chi connectivity index (χ4n) is 4.37. The van der Waals surface area contributed by atoms with E-state index in [-0.39, 0.29) is 28.7 Å². The summed E-state index contributed by atoms with van der Waals surface area (Å²) >= 11 is 7.57. The van der Waals surface area contributed by atoms with E-state index in [9.17, 15) is 14.0 Å². The Morgan fingerprint density at radius 3 is 2.71 bits per heavy atom. The predicted molar refractivity (Wildman–Crippen MR) is 137 cm³/mol. The lowest BCUT2D eigenvalue weighted by Gasteiger charge is -2.40. The molecule has 3 aromatic rings. The molecule has 35 heavy (non-hydrogen) atoms. The van der Waals surface area contributed by atoms with Crippen LogP contribution >= 0.6 is 23.4 Å². The summed E-state index contributed by atoms with van der Waals surface area (Å²) in [6.07, 6.45) is 4.89. The third kappa shape index (κ3) is 4.52. The minimum atomic E-state index is -0.708. The van der Waals surface area contributed by atoms with Crippen LogP contribution in [-0.2, 0) is 4.79 Å². The van der Waals surface area contributed by atoms with Gasteiger partial charge in [-0.2, -0.15) is 4.98 Å². The Hall–Kier alpha value is -2.98. The second kappa shape index (κ2) is 9.94. The van der Waals surface area contributed by atoms with Crippen LogP contribution in [-0.4, -0.2) is 62.3 Å². The molecule has 3 aromatic heterocycles. The molecule has 1 aliphatic heterocycles. The Balaban J connectivity index is 1.98. The molecule has 0 N–H and O–H groups in total. The van der Waals surface area contributed by atoms with E-state index in [0.29, 0.717) is 42.2 Å². The van der Waals surface area contributed by atoms with Crippen LogP contribution in [0.2, 0.25) is 5.15 Å². The standard InChI is InChI=1S/C24H26ClFN6O2S/c1-6-18(33)30-9-10-31(14(4)12-30)22-15-11-16(26)21(25)28-23(15)32(24(34)29-22)20-17(35-5)7-8-27-19(20)13(2)3/h6-8,11,13-14H,1,9-10,12H2,2-5H3/t14-/m0/s1. The lowest BCUT2D eigenvalue weighted by atomic mass is 10.1. The number of amides is 1. The molecule has 0 saturated carbocycles. The molecule has 1 atom stereocenters. The highest BCUT2D eigenvalue weighted by molar-refractivity contribution is 7.98. The SMILES string of the molecule is C=CC(=O)N1CCN(c2nc(=O)n(-c3c(SC)ccnc3C(C)C)c3nc(Cl)c(F)cc23)[C@@H](C)C1. The average Bonchev–Trinajstić information content (AvgIpc) is 2.84. The molecule has 0 unspecified atom stereocenters. The van der Waals surface area contributed by atoms with Crippen LogP contribution in [0, 0.1) is 5.82 Å². The van der Waals surface area contributed by atoms with Crippen LogP contribution in [0.25, 0.3) is 16.7 Å². The van der Waals surface area contributed by atoms with Crippen molar-refractivity contribution in [2.24, 2.45) is 0 Å². The van der Waals surface area contributed by atoms with Crippen LogP contribution in [0.1, 0.15) is 32.4 Å². The highest BCUT2D eigenvalue weighted by Gasteiger charge is 2.30. The third-order valence-electron chi connectivity index (χ3n) is 6.05. The number of carbonyl (C=O) groups is 1. The highest BCUT2D eigenvalue weighted by Crippen LogP contribution is 2.34. The molecule has 1 fully saturated rings. The van der Waals surface area contributed by atoms with E-state index in [2.05, 4.69) is 21.5 Å². The molecular formula is C24H26ClFN6O2S. The van der Waals surface area contributed by atoms with Crippen LogP contribution in [0.15, 0.2) is 40.7 Å². The first kappa shape index (κ1) is 25.1. The highest BCUT2D eigenvalue weighted by atomic mass is 35.5. The molecule has 8 nitrogen and oxygen atoms in total. The molecule has 4 rings (SSSR count). The van der Waals surface area contributed by atoms with Crippen LogP contribution in [0.5, 0.6) is 0 Å². The van der Waals surface area contributed by atoms with Gasteiger partial charge in [-0.05, 0) is 37.3 Å². The van der Waals surface area contributed by atoms with Gasteiger partial charge < -0.3 is 9.80 Å². The number of fused-ring (bicyclic) bond motifs is 1. The fraction of sp³-hybridized carbons (Fsp3) is 0.375. The number of piperazine rings is 1. The second-order valence-electron chi connectivity index (χ2n) is 8.62. The van der Waals surface area contributed by atoms with Crippen molar-refractivity contribution < 1.29 is 9.18 Å². The van der Waals surface area contributed by atoms with E-state index < -0.39 is 11.5 Å². The zero-order valence-electron chi connectivity index (χ0n) is 20.0. The zero-order valence-corrected chi connectivity index (χ0v) is 21.5. The summed E-state index contributed by atoms with van der Waals surface area (Å²) in [6, 6.07) is 2.91. The molecule has 0 spiro atoms. The van der Waals surface area contributed by atoms with E-state index >= 15 is 0 Å². The van der Waals surface area contributed by atoms with Gasteiger partial charge in [-0.25, -0.2) is 18.7 Å². The summed E-state index contributed by atoms with van der Waals surface area (Å²) in [7, 11) is 0. The van der Waals surface area contributed by atoms with Gasteiger partial charge in [0.15, 0.2) is 16.6 Å². The number of aromatic nitrogens is 4. The number of pyridine rings is 2. The van der Waals surface area contributed by atoms with Gasteiger partial charge in [0.1, 0.15) is 5.82 Å². The van der Waals surface area contributed by atoms with Crippen molar-refractivity contribution in [3.8, 4) is 5.69 Å². The van der Waals surface area contributed by atoms with Crippen LogP contribution < -0.4 is 10.6 Å². The van der Waals surface area contributed by atoms with Gasteiger partial charge in [-0.3, -0.25) is 9.78 Å². The monoisotopic (exact) mass is 516 g/mol. The smallest absolute Gasteiger partial charge is 0.350 e. The van der Waals surface area contributed by atoms with E-state index in [1.807, 2.05) is 38.0 Å². The summed E-state index contributed by atoms with van der Waals surface area (Å²) < 4.78 is 16.1. The van der Waals surface area contributed by atoms with Crippen molar-refractivity contribution in [2.75, 3.05) is 30.8 Å². The van der Waals surface area contributed by atoms with Gasteiger partial charge in [0, 0.05) is 36.8 Å². The normalized spacial score (nSPS) is 16.3. The van der Waals surface area contributed by atoms with Gasteiger partial charge in [-0.15, -0.1) is 11.8 Å². The molecule has 0 aliphatic carbocycles. The lowest BCUT2D eigenvalue weighted by molar-refractivity contribution is -0.126. The fourth-order valence-corrected chi connectivity index (χ4v) is 5.09. The number of halogens is 2. The van der Waals surface area contributed by atoms with E-state index in [1.165, 1.54) is 28.5 Å². The topological polar surface area (TPSA) is 84.2 Å². The molecular weight excluding hydrogens is 491 g/mol. The van der Waals surface area contributed by atoms with Crippen molar-refractivity contribution in [1.82, 2.24) is 24.4 Å². The Bertz CT molecular complexity index is 1380. The van der Waals surface area contributed by atoms with Crippen LogP contribution in [0.4, 0.5) is 10.2 Å². The quantitative estimate of drug-likeness (QED) is 0.287. The molecule has 0 aromatic carbocycles. The summed E-state index contributed by atoms with van der Waals surface area (Å²) in [6.45, 7) is 10.7. The third-order valence-corrected chi connectivity index (χ3v) is 7.08. The average molecular weight is 517 g/mol. The Labute approximate surface area is 211 Å². The first-order valence-electron chi connectivity index (χ1n) is 11.2. The van der Waals surface area contributed by atoms with Crippen LogP contribution in [0.3, 0.4) is 0 Å². The van der Waals surface area contributed by atoms with E-state index in [1.54, 1.807) is 11.1 Å². The molecule has 1 aliphatic rings. The number of rotatable bonds is 5. The number of thioether (sulfide) groups is 1. The summed E-state index contributed by atoms with van der Waals surface area (Å²) in [5, 5.41) is 0.0189. The number of anilines is 1. The number of carbonyl (C=O) groups excluding carboxylic acids is 1. The first-order chi connectivity index (χ1) is 16.7. The van der Waals surface area contributed by atoms with Gasteiger partial charge in [0.2, 0.25) is 5.91 Å². The van der Waals surface area contributed by atoms with Crippen molar-refractivity contribution in [3.05, 3.63) is 58.1 Å². The van der Waals surface area contributed by atoms with Gasteiger partial charge >= 0.3 is 5.69 Å². The summed E-state index contributed by atoms with van der Waals surface area (Å²) in [4.78, 5) is 43.3. The van der Waals surface area contributed by atoms with Crippen molar-refractivity contribution in [3.63, 3.8) is 0 Å².